The number of nitrogens with one attached hydrogen (secondary N) is 2. The smallest absolute Gasteiger partial charge is 0.262 e. The lowest BCUT2D eigenvalue weighted by Gasteiger charge is -2.31. The fourth-order valence-corrected chi connectivity index (χ4v) is 6.36. The van der Waals surface area contributed by atoms with Gasteiger partial charge in [-0.3, -0.25) is 14.3 Å². The predicted molar refractivity (Wildman–Crippen MR) is 161 cm³/mol. The molecule has 1 aliphatic heterocycles. The van der Waals surface area contributed by atoms with Gasteiger partial charge in [-0.25, -0.2) is 12.8 Å². The number of carbonyl (C=O) groups is 2. The molecular formula is C31H35ClFN3O4S. The first kappa shape index (κ1) is 30.5. The lowest BCUT2D eigenvalue weighted by Crippen LogP contribution is -2.41. The molecule has 0 spiro atoms. The second kappa shape index (κ2) is 11.8. The number of likely N-dealkylation sites (tertiary alicyclic amines) is 1. The number of sulfonamides is 1. The number of piperidine rings is 1. The van der Waals surface area contributed by atoms with E-state index in [4.69, 9.17) is 11.6 Å². The number of nitrogens with zero attached hydrogens (tertiary/aromatic N) is 1. The highest BCUT2D eigenvalue weighted by atomic mass is 35.5. The number of halogens is 2. The molecule has 218 valence electrons. The zero-order chi connectivity index (χ0) is 30.1. The van der Waals surface area contributed by atoms with Crippen molar-refractivity contribution in [2.45, 2.75) is 57.8 Å². The highest BCUT2D eigenvalue weighted by molar-refractivity contribution is 7.92. The van der Waals surface area contributed by atoms with Gasteiger partial charge in [0.1, 0.15) is 5.82 Å². The average Bonchev–Trinajstić information content (AvgIpc) is 2.91. The van der Waals surface area contributed by atoms with Crippen molar-refractivity contribution in [3.8, 4) is 0 Å². The fraction of sp³-hybridized carbons (Fsp3) is 0.355. The maximum atomic E-state index is 13.4. The van der Waals surface area contributed by atoms with Crippen molar-refractivity contribution >= 4 is 44.8 Å². The van der Waals surface area contributed by atoms with Crippen molar-refractivity contribution in [1.82, 2.24) is 4.90 Å². The molecule has 0 aromatic heterocycles. The van der Waals surface area contributed by atoms with Gasteiger partial charge in [-0.1, -0.05) is 38.4 Å². The molecule has 1 fully saturated rings. The van der Waals surface area contributed by atoms with Crippen LogP contribution < -0.4 is 10.0 Å². The molecule has 10 heteroatoms. The van der Waals surface area contributed by atoms with Crippen LogP contribution in [0.5, 0.6) is 0 Å². The van der Waals surface area contributed by atoms with Crippen molar-refractivity contribution in [2.24, 2.45) is 5.92 Å². The maximum absolute atomic E-state index is 13.4. The van der Waals surface area contributed by atoms with Gasteiger partial charge in [-0.2, -0.15) is 0 Å². The highest BCUT2D eigenvalue weighted by Gasteiger charge is 2.28. The van der Waals surface area contributed by atoms with Crippen molar-refractivity contribution < 1.29 is 22.4 Å². The SMILES string of the molecule is Cc1cc(C(C)(C)C)cc(S(=O)(=O)Nc2ccc(C(=O)N3CCC(C(=O)Nc4ccc(F)c(Cl)c4)CC3)cc2)c1C. The monoisotopic (exact) mass is 599 g/mol. The van der Waals surface area contributed by atoms with Gasteiger partial charge in [-0.15, -0.1) is 0 Å². The fourth-order valence-electron chi connectivity index (χ4n) is 4.78. The Morgan fingerprint density at radius 2 is 1.56 bits per heavy atom. The Morgan fingerprint density at radius 3 is 2.15 bits per heavy atom. The standard InChI is InChI=1S/C31H35ClFN3O4S/c1-19-16-23(31(3,4)5)17-28(20(19)2)41(39,40)35-24-8-6-22(7-9-24)30(38)36-14-12-21(13-15-36)29(37)34-25-10-11-27(33)26(32)18-25/h6-11,16-18,21,35H,12-15H2,1-5H3,(H,34,37). The summed E-state index contributed by atoms with van der Waals surface area (Å²) in [6.07, 6.45) is 0.966. The molecule has 1 saturated heterocycles. The number of carbonyl (C=O) groups excluding carboxylic acids is 2. The molecule has 1 heterocycles. The largest absolute Gasteiger partial charge is 0.339 e. The Labute approximate surface area is 246 Å². The molecule has 0 unspecified atom stereocenters. The predicted octanol–water partition coefficient (Wildman–Crippen LogP) is 6.69. The summed E-state index contributed by atoms with van der Waals surface area (Å²) in [4.78, 5) is 27.7. The Bertz CT molecular complexity index is 1580. The zero-order valence-corrected chi connectivity index (χ0v) is 25.4. The second-order valence-corrected chi connectivity index (χ2v) is 13.6. The van der Waals surface area contributed by atoms with E-state index in [1.807, 2.05) is 33.8 Å². The zero-order valence-electron chi connectivity index (χ0n) is 23.8. The molecule has 0 aliphatic carbocycles. The van der Waals surface area contributed by atoms with Crippen LogP contribution in [-0.4, -0.2) is 38.2 Å². The summed E-state index contributed by atoms with van der Waals surface area (Å²) in [5.41, 5.74) is 3.52. The number of hydrogen-bond acceptors (Lipinski definition) is 4. The minimum Gasteiger partial charge on any atom is -0.339 e. The molecule has 4 rings (SSSR count). The number of amides is 2. The van der Waals surface area contributed by atoms with Crippen molar-refractivity contribution in [1.29, 1.82) is 0 Å². The maximum Gasteiger partial charge on any atom is 0.262 e. The van der Waals surface area contributed by atoms with Gasteiger partial charge in [0.25, 0.3) is 15.9 Å². The average molecular weight is 600 g/mol. The normalized spacial score (nSPS) is 14.6. The van der Waals surface area contributed by atoms with Gasteiger partial charge >= 0.3 is 0 Å². The van der Waals surface area contributed by atoms with Crippen LogP contribution in [0.2, 0.25) is 5.02 Å². The summed E-state index contributed by atoms with van der Waals surface area (Å²) in [6, 6.07) is 14.1. The lowest BCUT2D eigenvalue weighted by atomic mass is 9.85. The van der Waals surface area contributed by atoms with E-state index in [9.17, 15) is 22.4 Å². The number of anilines is 2. The summed E-state index contributed by atoms with van der Waals surface area (Å²) in [5.74, 6) is -1.23. The van der Waals surface area contributed by atoms with Gasteiger partial charge < -0.3 is 10.2 Å². The van der Waals surface area contributed by atoms with Crippen LogP contribution >= 0.6 is 11.6 Å². The first-order valence-electron chi connectivity index (χ1n) is 13.5. The Hall–Kier alpha value is -3.43. The van der Waals surface area contributed by atoms with Crippen LogP contribution in [0.15, 0.2) is 59.5 Å². The van der Waals surface area contributed by atoms with Crippen LogP contribution in [0, 0.1) is 25.6 Å². The minimum atomic E-state index is -3.85. The first-order valence-corrected chi connectivity index (χ1v) is 15.3. The summed E-state index contributed by atoms with van der Waals surface area (Å²) >= 11 is 5.79. The quantitative estimate of drug-likeness (QED) is 0.330. The summed E-state index contributed by atoms with van der Waals surface area (Å²) in [6.45, 7) is 10.6. The van der Waals surface area contributed by atoms with Gasteiger partial charge in [0.2, 0.25) is 5.91 Å². The van der Waals surface area contributed by atoms with Gasteiger partial charge in [-0.05, 0) is 97.3 Å². The van der Waals surface area contributed by atoms with E-state index in [0.717, 1.165) is 11.1 Å². The topological polar surface area (TPSA) is 95.6 Å². The number of benzene rings is 3. The van der Waals surface area contributed by atoms with Gasteiger partial charge in [0.15, 0.2) is 0 Å². The summed E-state index contributed by atoms with van der Waals surface area (Å²) in [7, 11) is -3.85. The number of hydrogen-bond donors (Lipinski definition) is 2. The minimum absolute atomic E-state index is 0.0676. The lowest BCUT2D eigenvalue weighted by molar-refractivity contribution is -0.121. The molecule has 3 aromatic rings. The third-order valence-corrected chi connectivity index (χ3v) is 9.30. The molecule has 7 nitrogen and oxygen atoms in total. The molecule has 41 heavy (non-hydrogen) atoms. The van der Waals surface area contributed by atoms with E-state index in [1.54, 1.807) is 42.2 Å². The molecule has 3 aromatic carbocycles. The van der Waals surface area contributed by atoms with Crippen molar-refractivity contribution in [3.63, 3.8) is 0 Å². The Kier molecular flexibility index (Phi) is 8.80. The van der Waals surface area contributed by atoms with Crippen LogP contribution in [0.1, 0.15) is 60.7 Å². The number of aryl methyl sites for hydroxylation is 1. The third-order valence-electron chi connectivity index (χ3n) is 7.50. The molecule has 0 saturated carbocycles. The third kappa shape index (κ3) is 7.08. The van der Waals surface area contributed by atoms with E-state index in [0.29, 0.717) is 48.4 Å². The number of rotatable bonds is 6. The van der Waals surface area contributed by atoms with Crippen molar-refractivity contribution in [2.75, 3.05) is 23.1 Å². The van der Waals surface area contributed by atoms with E-state index < -0.39 is 15.8 Å². The molecule has 2 amide bonds. The highest BCUT2D eigenvalue weighted by Crippen LogP contribution is 2.30. The van der Waals surface area contributed by atoms with Crippen LogP contribution in [0.25, 0.3) is 0 Å². The molecular weight excluding hydrogens is 565 g/mol. The van der Waals surface area contributed by atoms with E-state index in [2.05, 4.69) is 10.0 Å². The van der Waals surface area contributed by atoms with E-state index in [-0.39, 0.29) is 33.1 Å². The molecule has 1 aliphatic rings. The first-order chi connectivity index (χ1) is 19.2. The van der Waals surface area contributed by atoms with Crippen LogP contribution in [0.3, 0.4) is 0 Å². The molecule has 0 atom stereocenters. The van der Waals surface area contributed by atoms with E-state index >= 15 is 0 Å². The van der Waals surface area contributed by atoms with Crippen LogP contribution in [-0.2, 0) is 20.2 Å². The Morgan fingerprint density at radius 1 is 0.951 bits per heavy atom. The van der Waals surface area contributed by atoms with Gasteiger partial charge in [0.05, 0.1) is 9.92 Å². The summed E-state index contributed by atoms with van der Waals surface area (Å²) in [5, 5.41) is 2.69. The summed E-state index contributed by atoms with van der Waals surface area (Å²) < 4.78 is 42.6. The van der Waals surface area contributed by atoms with Crippen molar-refractivity contribution in [3.05, 3.63) is 87.7 Å². The Balaban J connectivity index is 1.38. The van der Waals surface area contributed by atoms with E-state index in [1.165, 1.54) is 18.2 Å². The van der Waals surface area contributed by atoms with Crippen LogP contribution in [0.4, 0.5) is 15.8 Å². The van der Waals surface area contributed by atoms with Gasteiger partial charge in [0, 0.05) is 35.9 Å². The molecule has 0 bridgehead atoms. The molecule has 0 radical (unpaired) electrons. The second-order valence-electron chi connectivity index (χ2n) is 11.5. The molecule has 2 N–H and O–H groups in total.